The van der Waals surface area contributed by atoms with Crippen molar-refractivity contribution in [3.63, 3.8) is 0 Å². The molecule has 0 aliphatic carbocycles. The van der Waals surface area contributed by atoms with Crippen LogP contribution in [0, 0.1) is 13.8 Å². The van der Waals surface area contributed by atoms with Crippen molar-refractivity contribution in [1.29, 1.82) is 0 Å². The predicted octanol–water partition coefficient (Wildman–Crippen LogP) is 1.94. The monoisotopic (exact) mass is 247 g/mol. The van der Waals surface area contributed by atoms with Gasteiger partial charge in [0.1, 0.15) is 0 Å². The van der Waals surface area contributed by atoms with Gasteiger partial charge in [-0.2, -0.15) is 0 Å². The van der Waals surface area contributed by atoms with E-state index in [0.29, 0.717) is 13.0 Å². The molecular formula is C15H21NO2. The molecule has 1 atom stereocenters. The number of Topliss-reactive ketones (excluding diaryl/α,β-unsaturated/α-hetero) is 1. The molecule has 0 bridgehead atoms. The van der Waals surface area contributed by atoms with Crippen LogP contribution < -0.4 is 0 Å². The first-order chi connectivity index (χ1) is 8.54. The Labute approximate surface area is 108 Å². The van der Waals surface area contributed by atoms with Gasteiger partial charge in [0.25, 0.3) is 0 Å². The quantitative estimate of drug-likeness (QED) is 0.827. The van der Waals surface area contributed by atoms with Gasteiger partial charge in [-0.1, -0.05) is 17.2 Å². The van der Waals surface area contributed by atoms with E-state index >= 15 is 0 Å². The van der Waals surface area contributed by atoms with Crippen LogP contribution in [0.25, 0.3) is 0 Å². The lowest BCUT2D eigenvalue weighted by Crippen LogP contribution is -2.25. The smallest absolute Gasteiger partial charge is 0.164 e. The van der Waals surface area contributed by atoms with E-state index in [9.17, 15) is 9.90 Å². The number of β-amino-alcohol motifs (C(OH)–C–C–N with tert-alkyl or cyclic N) is 1. The van der Waals surface area contributed by atoms with E-state index < -0.39 is 0 Å². The number of likely N-dealkylation sites (tertiary alicyclic amines) is 1. The van der Waals surface area contributed by atoms with E-state index in [-0.39, 0.29) is 11.9 Å². The first kappa shape index (κ1) is 13.2. The lowest BCUT2D eigenvalue weighted by molar-refractivity contribution is 0.0964. The summed E-state index contributed by atoms with van der Waals surface area (Å²) in [6.07, 6.45) is 1.16. The van der Waals surface area contributed by atoms with Gasteiger partial charge >= 0.3 is 0 Å². The fourth-order valence-corrected chi connectivity index (χ4v) is 2.55. The fraction of sp³-hybridized carbons (Fsp3) is 0.533. The van der Waals surface area contributed by atoms with Crippen LogP contribution in [0.4, 0.5) is 0 Å². The summed E-state index contributed by atoms with van der Waals surface area (Å²) in [5.41, 5.74) is 3.08. The zero-order valence-electron chi connectivity index (χ0n) is 11.1. The third kappa shape index (κ3) is 3.40. The summed E-state index contributed by atoms with van der Waals surface area (Å²) in [6.45, 7) is 6.39. The molecule has 1 aliphatic heterocycles. The zero-order valence-corrected chi connectivity index (χ0v) is 11.1. The average Bonchev–Trinajstić information content (AvgIpc) is 2.70. The third-order valence-electron chi connectivity index (χ3n) is 3.45. The molecule has 1 aromatic rings. The van der Waals surface area contributed by atoms with Gasteiger partial charge in [-0.15, -0.1) is 0 Å². The Balaban J connectivity index is 1.91. The number of carbonyl (C=O) groups is 1. The molecule has 1 fully saturated rings. The second kappa shape index (κ2) is 5.63. The first-order valence-corrected chi connectivity index (χ1v) is 6.56. The van der Waals surface area contributed by atoms with Gasteiger partial charge in [0.15, 0.2) is 5.78 Å². The summed E-state index contributed by atoms with van der Waals surface area (Å²) in [7, 11) is 0. The molecule has 0 saturated carbocycles. The Hall–Kier alpha value is -1.19. The molecule has 0 amide bonds. The molecule has 3 heteroatoms. The zero-order chi connectivity index (χ0) is 13.1. The minimum absolute atomic E-state index is 0.197. The Bertz CT molecular complexity index is 422. The van der Waals surface area contributed by atoms with Crippen LogP contribution in [0.2, 0.25) is 0 Å². The van der Waals surface area contributed by atoms with Crippen molar-refractivity contribution in [2.24, 2.45) is 0 Å². The highest BCUT2D eigenvalue weighted by atomic mass is 16.3. The Morgan fingerprint density at radius 3 is 2.56 bits per heavy atom. The van der Waals surface area contributed by atoms with Gasteiger partial charge in [0.05, 0.1) is 6.10 Å². The molecule has 2 rings (SSSR count). The number of aryl methyl sites for hydroxylation is 2. The number of ketones is 1. The molecular weight excluding hydrogens is 226 g/mol. The maximum atomic E-state index is 12.1. The maximum Gasteiger partial charge on any atom is 0.164 e. The molecule has 1 N–H and O–H groups in total. The van der Waals surface area contributed by atoms with Gasteiger partial charge < -0.3 is 10.0 Å². The van der Waals surface area contributed by atoms with Crippen molar-refractivity contribution in [2.75, 3.05) is 19.6 Å². The van der Waals surface area contributed by atoms with E-state index in [1.54, 1.807) is 0 Å². The maximum absolute atomic E-state index is 12.1. The summed E-state index contributed by atoms with van der Waals surface area (Å²) in [4.78, 5) is 14.3. The molecule has 1 aliphatic rings. The summed E-state index contributed by atoms with van der Waals surface area (Å²) in [5.74, 6) is 0.197. The van der Waals surface area contributed by atoms with Crippen LogP contribution >= 0.6 is 0 Å². The first-order valence-electron chi connectivity index (χ1n) is 6.56. The van der Waals surface area contributed by atoms with Gasteiger partial charge in [-0.25, -0.2) is 0 Å². The summed E-state index contributed by atoms with van der Waals surface area (Å²) < 4.78 is 0. The van der Waals surface area contributed by atoms with Crippen LogP contribution in [0.1, 0.15) is 34.3 Å². The van der Waals surface area contributed by atoms with Gasteiger partial charge in [-0.3, -0.25) is 4.79 Å². The van der Waals surface area contributed by atoms with Gasteiger partial charge in [0.2, 0.25) is 0 Å². The molecule has 1 aromatic carbocycles. The second-order valence-electron chi connectivity index (χ2n) is 5.29. The highest BCUT2D eigenvalue weighted by Crippen LogP contribution is 2.13. The molecule has 0 aromatic heterocycles. The predicted molar refractivity (Wildman–Crippen MR) is 71.9 cm³/mol. The van der Waals surface area contributed by atoms with Crippen molar-refractivity contribution >= 4 is 5.78 Å². The second-order valence-corrected chi connectivity index (χ2v) is 5.29. The molecule has 98 valence electrons. The van der Waals surface area contributed by atoms with Crippen LogP contribution in [-0.4, -0.2) is 41.5 Å². The van der Waals surface area contributed by atoms with E-state index in [4.69, 9.17) is 0 Å². The van der Waals surface area contributed by atoms with E-state index in [0.717, 1.165) is 36.2 Å². The highest BCUT2D eigenvalue weighted by Gasteiger charge is 2.20. The van der Waals surface area contributed by atoms with Gasteiger partial charge in [0, 0.05) is 31.6 Å². The molecule has 1 unspecified atom stereocenters. The number of hydrogen-bond donors (Lipinski definition) is 1. The fourth-order valence-electron chi connectivity index (χ4n) is 2.55. The molecule has 1 heterocycles. The SMILES string of the molecule is Cc1cc(C)cc(C(=O)CCN2CCC(O)C2)c1. The van der Waals surface area contributed by atoms with Crippen molar-refractivity contribution in [1.82, 2.24) is 4.90 Å². The molecule has 3 nitrogen and oxygen atoms in total. The largest absolute Gasteiger partial charge is 0.392 e. The number of aliphatic hydroxyl groups excluding tert-OH is 1. The van der Waals surface area contributed by atoms with Crippen LogP contribution in [0.5, 0.6) is 0 Å². The lowest BCUT2D eigenvalue weighted by atomic mass is 10.0. The molecule has 0 spiro atoms. The number of benzene rings is 1. The van der Waals surface area contributed by atoms with Crippen molar-refractivity contribution in [3.05, 3.63) is 34.9 Å². The number of rotatable bonds is 4. The van der Waals surface area contributed by atoms with Gasteiger partial charge in [-0.05, 0) is 32.4 Å². The number of carbonyl (C=O) groups excluding carboxylic acids is 1. The average molecular weight is 247 g/mol. The van der Waals surface area contributed by atoms with Crippen molar-refractivity contribution in [2.45, 2.75) is 32.8 Å². The minimum Gasteiger partial charge on any atom is -0.392 e. The number of nitrogens with zero attached hydrogens (tertiary/aromatic N) is 1. The van der Waals surface area contributed by atoms with Crippen LogP contribution in [0.15, 0.2) is 18.2 Å². The van der Waals surface area contributed by atoms with Crippen LogP contribution in [-0.2, 0) is 0 Å². The van der Waals surface area contributed by atoms with E-state index in [1.165, 1.54) is 0 Å². The Morgan fingerprint density at radius 2 is 2.00 bits per heavy atom. The standard InChI is InChI=1S/C15H21NO2/c1-11-7-12(2)9-13(8-11)15(18)4-6-16-5-3-14(17)10-16/h7-9,14,17H,3-6,10H2,1-2H3. The topological polar surface area (TPSA) is 40.5 Å². The van der Waals surface area contributed by atoms with E-state index in [2.05, 4.69) is 11.0 Å². The van der Waals surface area contributed by atoms with Crippen molar-refractivity contribution in [3.8, 4) is 0 Å². The Kier molecular flexibility index (Phi) is 4.15. The summed E-state index contributed by atoms with van der Waals surface area (Å²) in [5, 5.41) is 9.43. The normalized spacial score (nSPS) is 20.3. The number of aliphatic hydroxyl groups is 1. The van der Waals surface area contributed by atoms with E-state index in [1.807, 2.05) is 26.0 Å². The lowest BCUT2D eigenvalue weighted by Gasteiger charge is -2.14. The molecule has 1 saturated heterocycles. The Morgan fingerprint density at radius 1 is 1.33 bits per heavy atom. The van der Waals surface area contributed by atoms with Crippen LogP contribution in [0.3, 0.4) is 0 Å². The minimum atomic E-state index is -0.207. The highest BCUT2D eigenvalue weighted by molar-refractivity contribution is 5.96. The third-order valence-corrected chi connectivity index (χ3v) is 3.45. The number of hydrogen-bond acceptors (Lipinski definition) is 3. The summed E-state index contributed by atoms with van der Waals surface area (Å²) >= 11 is 0. The molecule has 0 radical (unpaired) electrons. The molecule has 18 heavy (non-hydrogen) atoms. The summed E-state index contributed by atoms with van der Waals surface area (Å²) in [6, 6.07) is 5.98. The van der Waals surface area contributed by atoms with Crippen molar-refractivity contribution < 1.29 is 9.90 Å².